The fraction of sp³-hybridized carbons (Fsp3) is 0.727. The van der Waals surface area contributed by atoms with Crippen molar-refractivity contribution in [1.29, 1.82) is 0 Å². The van der Waals surface area contributed by atoms with E-state index in [1.54, 1.807) is 0 Å². The molecule has 19 heavy (non-hydrogen) atoms. The van der Waals surface area contributed by atoms with Gasteiger partial charge in [-0.3, -0.25) is 0 Å². The van der Waals surface area contributed by atoms with Gasteiger partial charge in [-0.1, -0.05) is 0 Å². The first kappa shape index (κ1) is 14.5. The van der Waals surface area contributed by atoms with Crippen LogP contribution in [0.15, 0.2) is 4.90 Å². The number of nitrogens with two attached hydrogens (primary N) is 1. The van der Waals surface area contributed by atoms with Gasteiger partial charge in [-0.05, 0) is 37.5 Å². The van der Waals surface area contributed by atoms with E-state index in [2.05, 4.69) is 9.27 Å². The van der Waals surface area contributed by atoms with Gasteiger partial charge in [-0.15, -0.1) is 0 Å². The van der Waals surface area contributed by atoms with Gasteiger partial charge in [0.1, 0.15) is 9.90 Å². The molecule has 2 heterocycles. The summed E-state index contributed by atoms with van der Waals surface area (Å²) in [6, 6.07) is 0. The van der Waals surface area contributed by atoms with Gasteiger partial charge < -0.3 is 15.5 Å². The molecule has 6 nitrogen and oxygen atoms in total. The molecule has 0 bridgehead atoms. The van der Waals surface area contributed by atoms with Crippen molar-refractivity contribution in [2.75, 3.05) is 50.1 Å². The second-order valence-corrected chi connectivity index (χ2v) is 7.65. The Morgan fingerprint density at radius 2 is 2.05 bits per heavy atom. The van der Waals surface area contributed by atoms with Crippen molar-refractivity contribution in [1.82, 2.24) is 9.27 Å². The van der Waals surface area contributed by atoms with E-state index in [0.717, 1.165) is 37.7 Å². The summed E-state index contributed by atoms with van der Waals surface area (Å²) in [7, 11) is -1.45. The normalized spacial score (nSPS) is 16.9. The molecule has 0 saturated carbocycles. The van der Waals surface area contributed by atoms with Crippen LogP contribution < -0.4 is 10.6 Å². The summed E-state index contributed by atoms with van der Waals surface area (Å²) in [6.07, 6.45) is 3.68. The lowest BCUT2D eigenvalue weighted by Gasteiger charge is -2.22. The number of likely N-dealkylation sites (N-methyl/N-ethyl adjacent to an activating group) is 1. The molecule has 1 fully saturated rings. The van der Waals surface area contributed by atoms with E-state index in [1.165, 1.54) is 19.1 Å². The van der Waals surface area contributed by atoms with Crippen molar-refractivity contribution in [2.24, 2.45) is 0 Å². The number of rotatable bonds is 5. The van der Waals surface area contributed by atoms with Crippen LogP contribution >= 0.6 is 11.5 Å². The molecule has 0 aliphatic carbocycles. The Kier molecular flexibility index (Phi) is 4.32. The molecule has 1 aromatic rings. The van der Waals surface area contributed by atoms with Gasteiger partial charge in [-0.2, -0.15) is 4.37 Å². The highest BCUT2D eigenvalue weighted by molar-refractivity contribution is 7.91. The van der Waals surface area contributed by atoms with Crippen LogP contribution in [-0.2, 0) is 9.84 Å². The van der Waals surface area contributed by atoms with E-state index in [1.807, 2.05) is 11.9 Å². The van der Waals surface area contributed by atoms with Crippen LogP contribution in [0, 0.1) is 0 Å². The second-order valence-electron chi connectivity index (χ2n) is 4.94. The molecule has 0 aromatic carbocycles. The number of anilines is 2. The topological polar surface area (TPSA) is 79.5 Å². The summed E-state index contributed by atoms with van der Waals surface area (Å²) in [4.78, 5) is 4.49. The third-order valence-electron chi connectivity index (χ3n) is 3.33. The highest BCUT2D eigenvalue weighted by Gasteiger charge is 2.24. The predicted molar refractivity (Wildman–Crippen MR) is 78.6 cm³/mol. The predicted octanol–water partition coefficient (Wildman–Crippen LogP) is 0.661. The van der Waals surface area contributed by atoms with Gasteiger partial charge in [0.25, 0.3) is 0 Å². The summed E-state index contributed by atoms with van der Waals surface area (Å²) in [5.74, 6) is 0.107. The quantitative estimate of drug-likeness (QED) is 0.861. The Bertz CT molecular complexity index is 535. The van der Waals surface area contributed by atoms with E-state index >= 15 is 0 Å². The number of likely N-dealkylation sites (tertiary alicyclic amines) is 1. The number of aromatic nitrogens is 1. The lowest BCUT2D eigenvalue weighted by Crippen LogP contribution is -2.31. The Morgan fingerprint density at radius 1 is 1.42 bits per heavy atom. The third-order valence-corrected chi connectivity index (χ3v) is 5.58. The Labute approximate surface area is 118 Å². The maximum absolute atomic E-state index is 11.8. The molecule has 1 aliphatic rings. The maximum Gasteiger partial charge on any atom is 0.182 e. The minimum atomic E-state index is -3.34. The minimum Gasteiger partial charge on any atom is -0.382 e. The Balaban J connectivity index is 2.08. The molecule has 0 radical (unpaired) electrons. The van der Waals surface area contributed by atoms with Crippen LogP contribution in [0.5, 0.6) is 0 Å². The molecule has 2 N–H and O–H groups in total. The van der Waals surface area contributed by atoms with Crippen LogP contribution in [0.2, 0.25) is 0 Å². The third kappa shape index (κ3) is 3.37. The summed E-state index contributed by atoms with van der Waals surface area (Å²) in [5, 5.41) is 0.638. The minimum absolute atomic E-state index is 0.107. The van der Waals surface area contributed by atoms with Gasteiger partial charge in [0.2, 0.25) is 0 Å². The number of sulfone groups is 1. The van der Waals surface area contributed by atoms with Gasteiger partial charge in [0, 0.05) is 26.4 Å². The van der Waals surface area contributed by atoms with Gasteiger partial charge in [0.05, 0.1) is 0 Å². The van der Waals surface area contributed by atoms with Crippen molar-refractivity contribution >= 4 is 32.2 Å². The SMILES string of the molecule is CN(CCN1CCCC1)c1snc(N)c1S(C)(=O)=O. The molecule has 108 valence electrons. The number of nitrogen functional groups attached to an aromatic ring is 1. The van der Waals surface area contributed by atoms with Gasteiger partial charge in [0.15, 0.2) is 15.7 Å². The van der Waals surface area contributed by atoms with Crippen molar-refractivity contribution in [3.05, 3.63) is 0 Å². The summed E-state index contributed by atoms with van der Waals surface area (Å²) in [5.41, 5.74) is 5.67. The number of hydrogen-bond acceptors (Lipinski definition) is 7. The average molecular weight is 304 g/mol. The van der Waals surface area contributed by atoms with Crippen molar-refractivity contribution in [3.8, 4) is 0 Å². The molecular weight excluding hydrogens is 284 g/mol. The standard InChI is InChI=1S/C11H20N4O2S2/c1-14(7-8-15-5-3-4-6-15)11-9(19(2,16)17)10(12)13-18-11/h3-8H2,1-2H3,(H2,12,13). The van der Waals surface area contributed by atoms with Crippen molar-refractivity contribution < 1.29 is 8.42 Å². The average Bonchev–Trinajstić information content (AvgIpc) is 2.93. The molecule has 1 aromatic heterocycles. The van der Waals surface area contributed by atoms with Crippen LogP contribution in [0.1, 0.15) is 12.8 Å². The van der Waals surface area contributed by atoms with E-state index in [9.17, 15) is 8.42 Å². The lowest BCUT2D eigenvalue weighted by molar-refractivity contribution is 0.347. The van der Waals surface area contributed by atoms with E-state index in [-0.39, 0.29) is 10.7 Å². The van der Waals surface area contributed by atoms with Crippen LogP contribution in [0.3, 0.4) is 0 Å². The van der Waals surface area contributed by atoms with E-state index < -0.39 is 9.84 Å². The zero-order chi connectivity index (χ0) is 14.0. The molecule has 1 aliphatic heterocycles. The Hall–Kier alpha value is -0.860. The molecule has 0 amide bonds. The van der Waals surface area contributed by atoms with Crippen LogP contribution in [0.25, 0.3) is 0 Å². The molecule has 8 heteroatoms. The van der Waals surface area contributed by atoms with Gasteiger partial charge in [-0.25, -0.2) is 8.42 Å². The maximum atomic E-state index is 11.8. The van der Waals surface area contributed by atoms with Crippen molar-refractivity contribution in [2.45, 2.75) is 17.7 Å². The molecule has 2 rings (SSSR count). The summed E-state index contributed by atoms with van der Waals surface area (Å²) < 4.78 is 27.5. The zero-order valence-electron chi connectivity index (χ0n) is 11.3. The van der Waals surface area contributed by atoms with E-state index in [0.29, 0.717) is 5.00 Å². The molecule has 0 unspecified atom stereocenters. The smallest absolute Gasteiger partial charge is 0.182 e. The highest BCUT2D eigenvalue weighted by Crippen LogP contribution is 2.33. The van der Waals surface area contributed by atoms with Crippen LogP contribution in [-0.4, -0.2) is 57.2 Å². The number of hydrogen-bond donors (Lipinski definition) is 1. The monoisotopic (exact) mass is 304 g/mol. The molecular formula is C11H20N4O2S2. The first-order chi connectivity index (χ1) is 8.89. The van der Waals surface area contributed by atoms with Crippen LogP contribution in [0.4, 0.5) is 10.8 Å². The summed E-state index contributed by atoms with van der Waals surface area (Å²) >= 11 is 1.15. The highest BCUT2D eigenvalue weighted by atomic mass is 32.2. The van der Waals surface area contributed by atoms with E-state index in [4.69, 9.17) is 5.73 Å². The fourth-order valence-corrected chi connectivity index (χ4v) is 4.49. The Morgan fingerprint density at radius 3 is 2.63 bits per heavy atom. The lowest BCUT2D eigenvalue weighted by atomic mass is 10.4. The fourth-order valence-electron chi connectivity index (χ4n) is 2.28. The molecule has 1 saturated heterocycles. The number of nitrogens with zero attached hydrogens (tertiary/aromatic N) is 3. The molecule has 0 atom stereocenters. The zero-order valence-corrected chi connectivity index (χ0v) is 12.9. The van der Waals surface area contributed by atoms with Gasteiger partial charge >= 0.3 is 0 Å². The first-order valence-corrected chi connectivity index (χ1v) is 8.95. The summed E-state index contributed by atoms with van der Waals surface area (Å²) in [6.45, 7) is 4.00. The first-order valence-electron chi connectivity index (χ1n) is 6.28. The molecule has 0 spiro atoms. The van der Waals surface area contributed by atoms with Crippen molar-refractivity contribution in [3.63, 3.8) is 0 Å². The second kappa shape index (κ2) is 5.64. The largest absolute Gasteiger partial charge is 0.382 e.